The minimum atomic E-state index is -0.377. The lowest BCUT2D eigenvalue weighted by molar-refractivity contribution is 0.0919. The molecule has 0 spiro atoms. The second kappa shape index (κ2) is 7.69. The molecule has 1 saturated heterocycles. The van der Waals surface area contributed by atoms with E-state index in [1.54, 1.807) is 4.90 Å². The van der Waals surface area contributed by atoms with Gasteiger partial charge in [0.15, 0.2) is 0 Å². The summed E-state index contributed by atoms with van der Waals surface area (Å²) in [7, 11) is 0. The highest BCUT2D eigenvalue weighted by Crippen LogP contribution is 2.32. The number of likely N-dealkylation sites (tertiary alicyclic amines) is 1. The summed E-state index contributed by atoms with van der Waals surface area (Å²) in [5.74, 6) is 0.636. The van der Waals surface area contributed by atoms with Crippen LogP contribution in [0.1, 0.15) is 66.8 Å². The molecule has 5 nitrogen and oxygen atoms in total. The summed E-state index contributed by atoms with van der Waals surface area (Å²) in [4.78, 5) is 25.2. The fraction of sp³-hybridized carbons (Fsp3) is 0.579. The number of hydrogen-bond acceptors (Lipinski definition) is 2. The van der Waals surface area contributed by atoms with E-state index < -0.39 is 0 Å². The number of piperidine rings is 1. The van der Waals surface area contributed by atoms with E-state index in [1.165, 1.54) is 37.7 Å². The molecule has 0 aromatic heterocycles. The van der Waals surface area contributed by atoms with Gasteiger partial charge in [0, 0.05) is 24.7 Å². The Balaban J connectivity index is 1.53. The molecule has 130 valence electrons. The van der Waals surface area contributed by atoms with Gasteiger partial charge >= 0.3 is 6.03 Å². The molecule has 1 heterocycles. The summed E-state index contributed by atoms with van der Waals surface area (Å²) >= 11 is 0. The second-order valence-electron chi connectivity index (χ2n) is 7.03. The third kappa shape index (κ3) is 4.08. The fourth-order valence-corrected chi connectivity index (χ4v) is 3.86. The van der Waals surface area contributed by atoms with Gasteiger partial charge in [0.2, 0.25) is 0 Å². The van der Waals surface area contributed by atoms with Crippen LogP contribution in [0.4, 0.5) is 4.79 Å². The molecule has 1 aliphatic carbocycles. The number of rotatable bonds is 3. The maximum atomic E-state index is 12.4. The highest BCUT2D eigenvalue weighted by atomic mass is 16.2. The van der Waals surface area contributed by atoms with Crippen molar-refractivity contribution in [1.82, 2.24) is 10.2 Å². The lowest BCUT2D eigenvalue weighted by Crippen LogP contribution is -2.48. The molecule has 3 amide bonds. The lowest BCUT2D eigenvalue weighted by Gasteiger charge is -2.31. The molecule has 5 heteroatoms. The summed E-state index contributed by atoms with van der Waals surface area (Å²) < 4.78 is 0. The smallest absolute Gasteiger partial charge is 0.314 e. The number of carbonyl (C=O) groups excluding carboxylic acids is 2. The van der Waals surface area contributed by atoms with Gasteiger partial charge in [0.05, 0.1) is 0 Å². The van der Waals surface area contributed by atoms with E-state index in [9.17, 15) is 9.59 Å². The largest absolute Gasteiger partial charge is 0.351 e. The van der Waals surface area contributed by atoms with Crippen molar-refractivity contribution >= 4 is 11.9 Å². The molecular weight excluding hydrogens is 302 g/mol. The van der Waals surface area contributed by atoms with Gasteiger partial charge in [0.1, 0.15) is 0 Å². The van der Waals surface area contributed by atoms with Gasteiger partial charge in [-0.05, 0) is 49.3 Å². The molecule has 0 bridgehead atoms. The third-order valence-electron chi connectivity index (χ3n) is 5.39. The van der Waals surface area contributed by atoms with E-state index in [-0.39, 0.29) is 18.0 Å². The molecule has 2 aliphatic rings. The van der Waals surface area contributed by atoms with E-state index >= 15 is 0 Å². The zero-order valence-corrected chi connectivity index (χ0v) is 14.2. The molecule has 1 aromatic rings. The Labute approximate surface area is 143 Å². The van der Waals surface area contributed by atoms with Crippen molar-refractivity contribution in [3.8, 4) is 0 Å². The number of nitrogens with zero attached hydrogens (tertiary/aromatic N) is 1. The Morgan fingerprint density at radius 3 is 2.17 bits per heavy atom. The molecule has 24 heavy (non-hydrogen) atoms. The van der Waals surface area contributed by atoms with E-state index in [1.807, 2.05) is 12.1 Å². The van der Waals surface area contributed by atoms with E-state index in [0.717, 1.165) is 12.8 Å². The highest BCUT2D eigenvalue weighted by molar-refractivity contribution is 5.94. The predicted octanol–water partition coefficient (Wildman–Crippen LogP) is 3.01. The third-order valence-corrected chi connectivity index (χ3v) is 5.39. The zero-order valence-electron chi connectivity index (χ0n) is 14.2. The number of urea groups is 1. The lowest BCUT2D eigenvalue weighted by atomic mass is 9.84. The van der Waals surface area contributed by atoms with Crippen LogP contribution in [0, 0.1) is 0 Å². The zero-order chi connectivity index (χ0) is 16.9. The van der Waals surface area contributed by atoms with Crippen LogP contribution in [-0.4, -0.2) is 36.0 Å². The van der Waals surface area contributed by atoms with Crippen LogP contribution in [0.2, 0.25) is 0 Å². The quantitative estimate of drug-likeness (QED) is 0.894. The number of amides is 3. The summed E-state index contributed by atoms with van der Waals surface area (Å²) in [5.41, 5.74) is 7.36. The number of benzene rings is 1. The van der Waals surface area contributed by atoms with Crippen molar-refractivity contribution in [2.24, 2.45) is 5.73 Å². The van der Waals surface area contributed by atoms with Crippen molar-refractivity contribution in [3.63, 3.8) is 0 Å². The molecule has 3 rings (SSSR count). The monoisotopic (exact) mass is 329 g/mol. The summed E-state index contributed by atoms with van der Waals surface area (Å²) in [6, 6.07) is 7.85. The summed E-state index contributed by atoms with van der Waals surface area (Å²) in [6.45, 7) is 1.22. The van der Waals surface area contributed by atoms with Crippen LogP contribution >= 0.6 is 0 Å². The van der Waals surface area contributed by atoms with Crippen molar-refractivity contribution in [1.29, 1.82) is 0 Å². The van der Waals surface area contributed by atoms with Crippen molar-refractivity contribution in [2.45, 2.75) is 56.9 Å². The van der Waals surface area contributed by atoms with E-state index in [4.69, 9.17) is 5.73 Å². The Hall–Kier alpha value is -2.04. The number of nitrogens with two attached hydrogens (primary N) is 1. The first-order valence-corrected chi connectivity index (χ1v) is 9.08. The van der Waals surface area contributed by atoms with Crippen molar-refractivity contribution in [2.75, 3.05) is 13.1 Å². The molecule has 3 N–H and O–H groups in total. The predicted molar refractivity (Wildman–Crippen MR) is 93.9 cm³/mol. The first-order chi connectivity index (χ1) is 11.6. The molecular formula is C19H27N3O2. The second-order valence-corrected chi connectivity index (χ2v) is 7.03. The minimum absolute atomic E-state index is 0.0253. The van der Waals surface area contributed by atoms with Crippen LogP contribution in [0.25, 0.3) is 0 Å². The Morgan fingerprint density at radius 2 is 1.58 bits per heavy atom. The molecule has 1 aromatic carbocycles. The maximum Gasteiger partial charge on any atom is 0.314 e. The fourth-order valence-electron chi connectivity index (χ4n) is 3.86. The molecule has 1 aliphatic heterocycles. The maximum absolute atomic E-state index is 12.4. The number of carbonyl (C=O) groups is 2. The minimum Gasteiger partial charge on any atom is -0.351 e. The van der Waals surface area contributed by atoms with Crippen LogP contribution in [0.3, 0.4) is 0 Å². The number of nitrogens with one attached hydrogen (secondary N) is 1. The topological polar surface area (TPSA) is 75.4 Å². The number of primary amides is 1. The van der Waals surface area contributed by atoms with Crippen molar-refractivity contribution < 1.29 is 9.59 Å². The summed E-state index contributed by atoms with van der Waals surface area (Å²) in [5, 5.41) is 3.08. The average molecular weight is 329 g/mol. The van der Waals surface area contributed by atoms with Gasteiger partial charge in [-0.2, -0.15) is 0 Å². The van der Waals surface area contributed by atoms with Gasteiger partial charge < -0.3 is 16.0 Å². The normalized spacial score (nSPS) is 19.9. The Kier molecular flexibility index (Phi) is 5.38. The SMILES string of the molecule is NC(=O)N1CCC(NC(=O)c2ccc(C3CCCCC3)cc2)CC1. The first kappa shape index (κ1) is 16.8. The van der Waals surface area contributed by atoms with E-state index in [0.29, 0.717) is 24.6 Å². The van der Waals surface area contributed by atoms with Crippen LogP contribution < -0.4 is 11.1 Å². The van der Waals surface area contributed by atoms with Gasteiger partial charge in [-0.3, -0.25) is 4.79 Å². The van der Waals surface area contributed by atoms with Gasteiger partial charge in [0.25, 0.3) is 5.91 Å². The first-order valence-electron chi connectivity index (χ1n) is 9.08. The average Bonchev–Trinajstić information content (AvgIpc) is 2.63. The van der Waals surface area contributed by atoms with Gasteiger partial charge in [-0.25, -0.2) is 4.79 Å². The van der Waals surface area contributed by atoms with Crippen LogP contribution in [0.15, 0.2) is 24.3 Å². The van der Waals surface area contributed by atoms with Crippen LogP contribution in [0.5, 0.6) is 0 Å². The Morgan fingerprint density at radius 1 is 0.958 bits per heavy atom. The molecule has 2 fully saturated rings. The summed E-state index contributed by atoms with van der Waals surface area (Å²) in [6.07, 6.45) is 8.04. The van der Waals surface area contributed by atoms with Crippen LogP contribution in [-0.2, 0) is 0 Å². The van der Waals surface area contributed by atoms with Gasteiger partial charge in [-0.1, -0.05) is 31.4 Å². The van der Waals surface area contributed by atoms with E-state index in [2.05, 4.69) is 17.4 Å². The Bertz CT molecular complexity index is 571. The number of hydrogen-bond donors (Lipinski definition) is 2. The molecule has 0 radical (unpaired) electrons. The molecule has 0 atom stereocenters. The van der Waals surface area contributed by atoms with Crippen molar-refractivity contribution in [3.05, 3.63) is 35.4 Å². The van der Waals surface area contributed by atoms with Gasteiger partial charge in [-0.15, -0.1) is 0 Å². The molecule has 1 saturated carbocycles. The molecule has 0 unspecified atom stereocenters. The highest BCUT2D eigenvalue weighted by Gasteiger charge is 2.23. The standard InChI is InChI=1S/C19H27N3O2/c20-19(24)22-12-10-17(11-13-22)21-18(23)16-8-6-15(7-9-16)14-4-2-1-3-5-14/h6-9,14,17H,1-5,10-13H2,(H2,20,24)(H,21,23).